The molecule has 1 atom stereocenters. The van der Waals surface area contributed by atoms with Crippen LogP contribution in [0.3, 0.4) is 0 Å². The minimum Gasteiger partial charge on any atom is -0.480 e. The molecule has 2 heterocycles. The number of carbonyl (C=O) groups is 1. The van der Waals surface area contributed by atoms with Crippen LogP contribution in [0.5, 0.6) is 0 Å². The van der Waals surface area contributed by atoms with E-state index in [1.165, 1.54) is 11.0 Å². The number of fused-ring (bicyclic) bond motifs is 1. The van der Waals surface area contributed by atoms with E-state index in [0.717, 1.165) is 0 Å². The van der Waals surface area contributed by atoms with Gasteiger partial charge >= 0.3 is 5.97 Å². The Balaban J connectivity index is 2.37. The molecule has 1 aromatic rings. The summed E-state index contributed by atoms with van der Waals surface area (Å²) in [7, 11) is 0. The van der Waals surface area contributed by atoms with Gasteiger partial charge in [0, 0.05) is 0 Å². The summed E-state index contributed by atoms with van der Waals surface area (Å²) in [6, 6.07) is -0.726. The predicted octanol–water partition coefficient (Wildman–Crippen LogP) is -0.566. The van der Waals surface area contributed by atoms with Crippen molar-refractivity contribution in [2.45, 2.75) is 12.6 Å². The standard InChI is InChI=1S/C6H7N3O3/c10-6(11)4-1-12-2-5-7-3-8-9(4)5/h3-4H,1-2H2,(H,10,11). The molecule has 2 rings (SSSR count). The number of aromatic nitrogens is 3. The Morgan fingerprint density at radius 3 is 3.42 bits per heavy atom. The minimum absolute atomic E-state index is 0.158. The summed E-state index contributed by atoms with van der Waals surface area (Å²) in [5.41, 5.74) is 0. The van der Waals surface area contributed by atoms with Gasteiger partial charge in [0.2, 0.25) is 0 Å². The van der Waals surface area contributed by atoms with E-state index in [2.05, 4.69) is 10.1 Å². The molecule has 0 saturated carbocycles. The molecule has 0 fully saturated rings. The van der Waals surface area contributed by atoms with Crippen LogP contribution in [0.2, 0.25) is 0 Å². The van der Waals surface area contributed by atoms with Crippen LogP contribution in [0, 0.1) is 0 Å². The fourth-order valence-electron chi connectivity index (χ4n) is 1.15. The maximum absolute atomic E-state index is 10.6. The SMILES string of the molecule is O=C(O)C1COCc2ncnn21. The van der Waals surface area contributed by atoms with Gasteiger partial charge in [0.05, 0.1) is 6.61 Å². The largest absolute Gasteiger partial charge is 0.480 e. The quantitative estimate of drug-likeness (QED) is 0.609. The molecule has 0 saturated heterocycles. The van der Waals surface area contributed by atoms with Gasteiger partial charge in [-0.2, -0.15) is 5.10 Å². The summed E-state index contributed by atoms with van der Waals surface area (Å²) in [5.74, 6) is -0.380. The zero-order valence-electron chi connectivity index (χ0n) is 6.17. The third-order valence-electron chi connectivity index (χ3n) is 1.73. The van der Waals surface area contributed by atoms with E-state index >= 15 is 0 Å². The van der Waals surface area contributed by atoms with Crippen molar-refractivity contribution < 1.29 is 14.6 Å². The second-order valence-electron chi connectivity index (χ2n) is 2.49. The van der Waals surface area contributed by atoms with Gasteiger partial charge in [-0.25, -0.2) is 14.5 Å². The van der Waals surface area contributed by atoms with Crippen LogP contribution in [0.25, 0.3) is 0 Å². The lowest BCUT2D eigenvalue weighted by molar-refractivity contribution is -0.145. The Morgan fingerprint density at radius 2 is 2.67 bits per heavy atom. The lowest BCUT2D eigenvalue weighted by atomic mass is 10.3. The maximum Gasteiger partial charge on any atom is 0.331 e. The first-order chi connectivity index (χ1) is 5.79. The van der Waals surface area contributed by atoms with E-state index in [0.29, 0.717) is 12.4 Å². The highest BCUT2D eigenvalue weighted by molar-refractivity contribution is 5.72. The van der Waals surface area contributed by atoms with Crippen molar-refractivity contribution in [1.29, 1.82) is 0 Å². The third-order valence-corrected chi connectivity index (χ3v) is 1.73. The lowest BCUT2D eigenvalue weighted by Gasteiger charge is -2.19. The van der Waals surface area contributed by atoms with Gasteiger partial charge in [0.1, 0.15) is 12.9 Å². The van der Waals surface area contributed by atoms with Crippen molar-refractivity contribution in [3.05, 3.63) is 12.2 Å². The Hall–Kier alpha value is -1.43. The molecule has 12 heavy (non-hydrogen) atoms. The average molecular weight is 169 g/mol. The van der Waals surface area contributed by atoms with Crippen LogP contribution in [-0.2, 0) is 16.1 Å². The van der Waals surface area contributed by atoms with E-state index < -0.39 is 12.0 Å². The highest BCUT2D eigenvalue weighted by atomic mass is 16.5. The molecule has 1 aliphatic rings. The predicted molar refractivity (Wildman–Crippen MR) is 36.4 cm³/mol. The Bertz CT molecular complexity index is 309. The number of aliphatic carboxylic acids is 1. The normalized spacial score (nSPS) is 21.8. The molecule has 64 valence electrons. The second-order valence-corrected chi connectivity index (χ2v) is 2.49. The zero-order valence-corrected chi connectivity index (χ0v) is 6.17. The van der Waals surface area contributed by atoms with Gasteiger partial charge in [0.25, 0.3) is 0 Å². The number of hydrogen-bond acceptors (Lipinski definition) is 4. The molecule has 1 unspecified atom stereocenters. The first-order valence-electron chi connectivity index (χ1n) is 3.48. The molecule has 6 heteroatoms. The molecule has 0 aromatic carbocycles. The van der Waals surface area contributed by atoms with Crippen LogP contribution in [0.4, 0.5) is 0 Å². The molecular formula is C6H7N3O3. The Morgan fingerprint density at radius 1 is 1.83 bits per heavy atom. The van der Waals surface area contributed by atoms with Gasteiger partial charge in [0.15, 0.2) is 11.9 Å². The Kier molecular flexibility index (Phi) is 1.54. The number of carboxylic acid groups (broad SMARTS) is 1. The van der Waals surface area contributed by atoms with Crippen molar-refractivity contribution in [3.8, 4) is 0 Å². The molecule has 0 aliphatic carbocycles. The summed E-state index contributed by atoms with van der Waals surface area (Å²) < 4.78 is 6.40. The first kappa shape index (κ1) is 7.23. The molecule has 1 aromatic heterocycles. The van der Waals surface area contributed by atoms with Crippen LogP contribution < -0.4 is 0 Å². The van der Waals surface area contributed by atoms with Crippen LogP contribution in [0.1, 0.15) is 11.9 Å². The first-order valence-corrected chi connectivity index (χ1v) is 3.48. The fourth-order valence-corrected chi connectivity index (χ4v) is 1.15. The number of nitrogens with zero attached hydrogens (tertiary/aromatic N) is 3. The second kappa shape index (κ2) is 2.56. The van der Waals surface area contributed by atoms with Crippen molar-refractivity contribution in [1.82, 2.24) is 14.8 Å². The summed E-state index contributed by atoms with van der Waals surface area (Å²) in [6.45, 7) is 0.496. The summed E-state index contributed by atoms with van der Waals surface area (Å²) >= 11 is 0. The van der Waals surface area contributed by atoms with Crippen LogP contribution in [0.15, 0.2) is 6.33 Å². The van der Waals surface area contributed by atoms with E-state index in [1.807, 2.05) is 0 Å². The minimum atomic E-state index is -0.943. The fraction of sp³-hybridized carbons (Fsp3) is 0.500. The van der Waals surface area contributed by atoms with Crippen LogP contribution in [-0.4, -0.2) is 32.4 Å². The van der Waals surface area contributed by atoms with E-state index in [1.54, 1.807) is 0 Å². The highest BCUT2D eigenvalue weighted by Crippen LogP contribution is 2.14. The van der Waals surface area contributed by atoms with Gasteiger partial charge in [-0.1, -0.05) is 0 Å². The molecule has 0 bridgehead atoms. The van der Waals surface area contributed by atoms with Gasteiger partial charge in [-0.15, -0.1) is 0 Å². The van der Waals surface area contributed by atoms with Gasteiger partial charge in [-0.3, -0.25) is 0 Å². The van der Waals surface area contributed by atoms with E-state index in [9.17, 15) is 4.79 Å². The molecule has 0 amide bonds. The maximum atomic E-state index is 10.6. The van der Waals surface area contributed by atoms with Crippen molar-refractivity contribution in [2.75, 3.05) is 6.61 Å². The number of hydrogen-bond donors (Lipinski definition) is 1. The zero-order chi connectivity index (χ0) is 8.55. The highest BCUT2D eigenvalue weighted by Gasteiger charge is 2.27. The van der Waals surface area contributed by atoms with Crippen LogP contribution >= 0.6 is 0 Å². The number of ether oxygens (including phenoxy) is 1. The average Bonchev–Trinajstić information content (AvgIpc) is 2.49. The van der Waals surface area contributed by atoms with Crippen molar-refractivity contribution in [3.63, 3.8) is 0 Å². The summed E-state index contributed by atoms with van der Waals surface area (Å²) in [4.78, 5) is 14.5. The van der Waals surface area contributed by atoms with E-state index in [4.69, 9.17) is 9.84 Å². The van der Waals surface area contributed by atoms with E-state index in [-0.39, 0.29) is 6.61 Å². The molecule has 0 radical (unpaired) electrons. The number of rotatable bonds is 1. The molecule has 0 spiro atoms. The summed E-state index contributed by atoms with van der Waals surface area (Å²) in [6.07, 6.45) is 1.33. The molecular weight excluding hydrogens is 162 g/mol. The summed E-state index contributed by atoms with van der Waals surface area (Å²) in [5, 5.41) is 12.5. The topological polar surface area (TPSA) is 77.2 Å². The smallest absolute Gasteiger partial charge is 0.331 e. The van der Waals surface area contributed by atoms with Crippen molar-refractivity contribution in [2.24, 2.45) is 0 Å². The lowest BCUT2D eigenvalue weighted by Crippen LogP contribution is -2.30. The third kappa shape index (κ3) is 0.964. The monoisotopic (exact) mass is 169 g/mol. The van der Waals surface area contributed by atoms with Gasteiger partial charge < -0.3 is 9.84 Å². The molecule has 1 aliphatic heterocycles. The van der Waals surface area contributed by atoms with Crippen molar-refractivity contribution >= 4 is 5.97 Å². The van der Waals surface area contributed by atoms with Gasteiger partial charge in [-0.05, 0) is 0 Å². The Labute approximate surface area is 67.8 Å². The number of carboxylic acids is 1. The molecule has 1 N–H and O–H groups in total. The molecule has 6 nitrogen and oxygen atoms in total.